The smallest absolute Gasteiger partial charge is 0.207 e. The van der Waals surface area contributed by atoms with E-state index in [9.17, 15) is 0 Å². The zero-order valence-electron chi connectivity index (χ0n) is 11.5. The average molecular weight is 320 g/mol. The Morgan fingerprint density at radius 3 is 2.63 bits per heavy atom. The third kappa shape index (κ3) is 2.54. The summed E-state index contributed by atoms with van der Waals surface area (Å²) in [6.45, 7) is 6.27. The topological polar surface area (TPSA) is 29.9 Å². The molecule has 3 nitrogen and oxygen atoms in total. The van der Waals surface area contributed by atoms with Crippen molar-refractivity contribution in [3.8, 4) is 0 Å². The number of halogens is 1. The molecule has 0 saturated heterocycles. The molecule has 0 radical (unpaired) electrons. The molecule has 2 aromatic rings. The van der Waals surface area contributed by atoms with Crippen molar-refractivity contribution in [2.24, 2.45) is 0 Å². The number of benzene rings is 1. The maximum Gasteiger partial charge on any atom is 0.207 e. The molecule has 19 heavy (non-hydrogen) atoms. The molecule has 0 unspecified atom stereocenters. The van der Waals surface area contributed by atoms with Crippen LogP contribution < -0.4 is 5.32 Å². The zero-order valence-corrected chi connectivity index (χ0v) is 13.1. The Morgan fingerprint density at radius 2 is 2.00 bits per heavy atom. The number of nitrogens with one attached hydrogen (secondary N) is 1. The first-order valence-electron chi connectivity index (χ1n) is 6.64. The SMILES string of the molecule is Cc1cc(C)c(Nc2nc(C)cn2C2CC2)c(Br)c1. The van der Waals surface area contributed by atoms with Crippen LogP contribution in [0.3, 0.4) is 0 Å². The van der Waals surface area contributed by atoms with Crippen molar-refractivity contribution in [1.29, 1.82) is 0 Å². The molecule has 1 aliphatic carbocycles. The van der Waals surface area contributed by atoms with Crippen LogP contribution in [0.4, 0.5) is 11.6 Å². The Labute approximate surface area is 122 Å². The lowest BCUT2D eigenvalue weighted by Gasteiger charge is -2.13. The first kappa shape index (κ1) is 12.7. The lowest BCUT2D eigenvalue weighted by Crippen LogP contribution is -2.03. The normalized spacial score (nSPS) is 14.7. The summed E-state index contributed by atoms with van der Waals surface area (Å²) < 4.78 is 3.36. The van der Waals surface area contributed by atoms with Gasteiger partial charge in [-0.3, -0.25) is 0 Å². The largest absolute Gasteiger partial charge is 0.324 e. The lowest BCUT2D eigenvalue weighted by molar-refractivity contribution is 0.750. The first-order valence-corrected chi connectivity index (χ1v) is 7.43. The maximum atomic E-state index is 4.60. The Balaban J connectivity index is 1.97. The van der Waals surface area contributed by atoms with E-state index in [1.165, 1.54) is 24.0 Å². The van der Waals surface area contributed by atoms with Gasteiger partial charge in [-0.05, 0) is 66.7 Å². The lowest BCUT2D eigenvalue weighted by atomic mass is 10.1. The van der Waals surface area contributed by atoms with Gasteiger partial charge in [0.05, 0.1) is 11.4 Å². The van der Waals surface area contributed by atoms with E-state index in [2.05, 4.69) is 63.0 Å². The van der Waals surface area contributed by atoms with Crippen LogP contribution in [-0.4, -0.2) is 9.55 Å². The minimum Gasteiger partial charge on any atom is -0.324 e. The van der Waals surface area contributed by atoms with Gasteiger partial charge in [0.15, 0.2) is 0 Å². The van der Waals surface area contributed by atoms with Gasteiger partial charge in [0.1, 0.15) is 0 Å². The number of imidazole rings is 1. The van der Waals surface area contributed by atoms with Crippen LogP contribution in [0.2, 0.25) is 0 Å². The van der Waals surface area contributed by atoms with Gasteiger partial charge in [-0.1, -0.05) is 6.07 Å². The van der Waals surface area contributed by atoms with Gasteiger partial charge in [0.25, 0.3) is 0 Å². The average Bonchev–Trinajstić information content (AvgIpc) is 3.08. The molecule has 0 amide bonds. The number of aryl methyl sites for hydroxylation is 3. The van der Waals surface area contributed by atoms with Crippen molar-refractivity contribution in [1.82, 2.24) is 9.55 Å². The van der Waals surface area contributed by atoms with Crippen molar-refractivity contribution in [3.63, 3.8) is 0 Å². The van der Waals surface area contributed by atoms with E-state index in [-0.39, 0.29) is 0 Å². The molecule has 4 heteroatoms. The second kappa shape index (κ2) is 4.67. The van der Waals surface area contributed by atoms with Crippen LogP contribution in [0.25, 0.3) is 0 Å². The van der Waals surface area contributed by atoms with Crippen molar-refractivity contribution in [3.05, 3.63) is 39.6 Å². The molecule has 1 heterocycles. The van der Waals surface area contributed by atoms with Crippen LogP contribution >= 0.6 is 15.9 Å². The summed E-state index contributed by atoms with van der Waals surface area (Å²) >= 11 is 3.64. The standard InChI is InChI=1S/C15H18BrN3/c1-9-6-10(2)14(13(16)7-9)18-15-17-11(3)8-19(15)12-4-5-12/h6-8,12H,4-5H2,1-3H3,(H,17,18). The van der Waals surface area contributed by atoms with E-state index in [1.54, 1.807) is 0 Å². The molecule has 1 aromatic heterocycles. The van der Waals surface area contributed by atoms with Gasteiger partial charge >= 0.3 is 0 Å². The van der Waals surface area contributed by atoms with E-state index >= 15 is 0 Å². The Kier molecular flexibility index (Phi) is 3.13. The molecule has 0 aliphatic heterocycles. The van der Waals surface area contributed by atoms with E-state index in [0.29, 0.717) is 6.04 Å². The van der Waals surface area contributed by atoms with Crippen LogP contribution in [0.5, 0.6) is 0 Å². The molecule has 3 rings (SSSR count). The van der Waals surface area contributed by atoms with Crippen LogP contribution in [-0.2, 0) is 0 Å². The minimum atomic E-state index is 0.633. The predicted octanol–water partition coefficient (Wildman–Crippen LogP) is 4.65. The molecule has 100 valence electrons. The molecule has 1 aromatic carbocycles. The third-order valence-corrected chi connectivity index (χ3v) is 4.09. The fourth-order valence-electron chi connectivity index (χ4n) is 2.43. The van der Waals surface area contributed by atoms with Crippen molar-refractivity contribution in [2.45, 2.75) is 39.7 Å². The van der Waals surface area contributed by atoms with Gasteiger partial charge in [-0.15, -0.1) is 0 Å². The van der Waals surface area contributed by atoms with Gasteiger partial charge in [0.2, 0.25) is 5.95 Å². The number of rotatable bonds is 3. The highest BCUT2D eigenvalue weighted by Gasteiger charge is 2.26. The van der Waals surface area contributed by atoms with Gasteiger partial charge < -0.3 is 9.88 Å². The summed E-state index contributed by atoms with van der Waals surface area (Å²) in [6, 6.07) is 4.95. The van der Waals surface area contributed by atoms with Crippen LogP contribution in [0.15, 0.2) is 22.8 Å². The molecule has 0 spiro atoms. The Morgan fingerprint density at radius 1 is 1.26 bits per heavy atom. The second-order valence-corrected chi connectivity index (χ2v) is 6.26. The Bertz CT molecular complexity index is 603. The summed E-state index contributed by atoms with van der Waals surface area (Å²) in [7, 11) is 0. The highest BCUT2D eigenvalue weighted by Crippen LogP contribution is 2.39. The van der Waals surface area contributed by atoms with Gasteiger partial charge in [0, 0.05) is 16.7 Å². The van der Waals surface area contributed by atoms with Crippen molar-refractivity contribution < 1.29 is 0 Å². The number of aromatic nitrogens is 2. The highest BCUT2D eigenvalue weighted by molar-refractivity contribution is 9.10. The minimum absolute atomic E-state index is 0.633. The molecule has 1 saturated carbocycles. The van der Waals surface area contributed by atoms with Crippen molar-refractivity contribution >= 4 is 27.6 Å². The summed E-state index contributed by atoms with van der Waals surface area (Å²) in [5.74, 6) is 0.952. The number of hydrogen-bond acceptors (Lipinski definition) is 2. The van der Waals surface area contributed by atoms with E-state index in [0.717, 1.165) is 21.8 Å². The predicted molar refractivity (Wildman–Crippen MR) is 82.1 cm³/mol. The molecule has 0 atom stereocenters. The molecular weight excluding hydrogens is 302 g/mol. The van der Waals surface area contributed by atoms with E-state index in [4.69, 9.17) is 0 Å². The fraction of sp³-hybridized carbons (Fsp3) is 0.400. The molecule has 1 aliphatic rings. The number of hydrogen-bond donors (Lipinski definition) is 1. The molecule has 1 N–H and O–H groups in total. The summed E-state index contributed by atoms with van der Waals surface area (Å²) in [5, 5.41) is 3.48. The van der Waals surface area contributed by atoms with Crippen LogP contribution in [0.1, 0.15) is 35.7 Å². The first-order chi connectivity index (χ1) is 9.04. The molecule has 1 fully saturated rings. The zero-order chi connectivity index (χ0) is 13.6. The Hall–Kier alpha value is -1.29. The summed E-state index contributed by atoms with van der Waals surface area (Å²) in [6.07, 6.45) is 4.66. The van der Waals surface area contributed by atoms with E-state index < -0.39 is 0 Å². The molecule has 0 bridgehead atoms. The quantitative estimate of drug-likeness (QED) is 0.892. The molecular formula is C15H18BrN3. The fourth-order valence-corrected chi connectivity index (χ4v) is 3.20. The summed E-state index contributed by atoms with van der Waals surface area (Å²) in [5.41, 5.74) is 4.67. The monoisotopic (exact) mass is 319 g/mol. The highest BCUT2D eigenvalue weighted by atomic mass is 79.9. The van der Waals surface area contributed by atoms with E-state index in [1.807, 2.05) is 6.92 Å². The maximum absolute atomic E-state index is 4.60. The number of anilines is 2. The van der Waals surface area contributed by atoms with Crippen LogP contribution in [0, 0.1) is 20.8 Å². The third-order valence-electron chi connectivity index (χ3n) is 3.46. The second-order valence-electron chi connectivity index (χ2n) is 5.41. The number of nitrogens with zero attached hydrogens (tertiary/aromatic N) is 2. The van der Waals surface area contributed by atoms with Crippen molar-refractivity contribution in [2.75, 3.05) is 5.32 Å². The van der Waals surface area contributed by atoms with Gasteiger partial charge in [-0.25, -0.2) is 4.98 Å². The van der Waals surface area contributed by atoms with Gasteiger partial charge in [-0.2, -0.15) is 0 Å². The summed E-state index contributed by atoms with van der Waals surface area (Å²) in [4.78, 5) is 4.60.